The Hall–Kier alpha value is -2.15. The summed E-state index contributed by atoms with van der Waals surface area (Å²) >= 11 is 0. The topological polar surface area (TPSA) is 73.5 Å². The van der Waals surface area contributed by atoms with Gasteiger partial charge in [0.25, 0.3) is 0 Å². The van der Waals surface area contributed by atoms with Gasteiger partial charge in [-0.25, -0.2) is 4.39 Å². The van der Waals surface area contributed by atoms with Crippen molar-refractivity contribution < 1.29 is 14.0 Å². The van der Waals surface area contributed by atoms with Crippen LogP contribution < -0.4 is 20.9 Å². The van der Waals surface area contributed by atoms with Crippen molar-refractivity contribution in [3.05, 3.63) is 24.0 Å². The maximum atomic E-state index is 14.4. The van der Waals surface area contributed by atoms with Gasteiger partial charge in [-0.1, -0.05) is 0 Å². The molecule has 0 radical (unpaired) electrons. The molecule has 7 heteroatoms. The average molecular weight is 320 g/mol. The van der Waals surface area contributed by atoms with E-state index in [-0.39, 0.29) is 17.6 Å². The van der Waals surface area contributed by atoms with Crippen LogP contribution in [0.4, 0.5) is 15.8 Å². The minimum Gasteiger partial charge on any atom is -0.374 e. The summed E-state index contributed by atoms with van der Waals surface area (Å²) in [6.07, 6.45) is 1.70. The Bertz CT molecular complexity index is 600. The van der Waals surface area contributed by atoms with Crippen molar-refractivity contribution in [1.82, 2.24) is 10.6 Å². The average Bonchev–Trinajstić information content (AvgIpc) is 2.79. The van der Waals surface area contributed by atoms with E-state index < -0.39 is 6.04 Å². The van der Waals surface area contributed by atoms with E-state index in [2.05, 4.69) is 16.0 Å². The van der Waals surface area contributed by atoms with Crippen LogP contribution in [0.5, 0.6) is 0 Å². The molecule has 2 fully saturated rings. The summed E-state index contributed by atoms with van der Waals surface area (Å²) in [6.45, 7) is 3.39. The fourth-order valence-corrected chi connectivity index (χ4v) is 2.97. The highest BCUT2D eigenvalue weighted by molar-refractivity contribution is 6.01. The minimum atomic E-state index is -0.500. The zero-order valence-corrected chi connectivity index (χ0v) is 12.9. The lowest BCUT2D eigenvalue weighted by atomic mass is 10.1. The third-order valence-corrected chi connectivity index (χ3v) is 4.21. The number of carbonyl (C=O) groups excluding carboxylic acids is 2. The lowest BCUT2D eigenvalue weighted by Crippen LogP contribution is -2.47. The van der Waals surface area contributed by atoms with Gasteiger partial charge < -0.3 is 15.5 Å². The predicted molar refractivity (Wildman–Crippen MR) is 85.9 cm³/mol. The molecule has 6 nitrogen and oxygen atoms in total. The van der Waals surface area contributed by atoms with Gasteiger partial charge in [-0.05, 0) is 37.6 Å². The third kappa shape index (κ3) is 3.79. The number of carbonyl (C=O) groups is 2. The van der Waals surface area contributed by atoms with E-state index in [4.69, 9.17) is 0 Å². The van der Waals surface area contributed by atoms with E-state index in [9.17, 15) is 14.0 Å². The molecule has 2 aliphatic rings. The van der Waals surface area contributed by atoms with Crippen LogP contribution in [0.2, 0.25) is 0 Å². The SMILES string of the molecule is O=C1CCC(Nc2ccc(N3CCCNCC3)c(F)c2)C(=O)N1. The van der Waals surface area contributed by atoms with E-state index >= 15 is 0 Å². The van der Waals surface area contributed by atoms with E-state index in [1.165, 1.54) is 6.07 Å². The molecule has 0 aliphatic carbocycles. The van der Waals surface area contributed by atoms with Gasteiger partial charge in [0.05, 0.1) is 5.69 Å². The van der Waals surface area contributed by atoms with Crippen molar-refractivity contribution in [1.29, 1.82) is 0 Å². The summed E-state index contributed by atoms with van der Waals surface area (Å²) < 4.78 is 14.4. The Morgan fingerprint density at radius 1 is 1.22 bits per heavy atom. The molecule has 3 rings (SSSR count). The van der Waals surface area contributed by atoms with Crippen LogP contribution in [0.25, 0.3) is 0 Å². The van der Waals surface area contributed by atoms with Crippen molar-refractivity contribution in [3.8, 4) is 0 Å². The quantitative estimate of drug-likeness (QED) is 0.720. The van der Waals surface area contributed by atoms with Gasteiger partial charge in [-0.3, -0.25) is 14.9 Å². The molecule has 2 heterocycles. The lowest BCUT2D eigenvalue weighted by molar-refractivity contribution is -0.133. The minimum absolute atomic E-state index is 0.260. The maximum absolute atomic E-state index is 14.4. The van der Waals surface area contributed by atoms with Gasteiger partial charge in [0.15, 0.2) is 0 Å². The van der Waals surface area contributed by atoms with Gasteiger partial charge in [-0.2, -0.15) is 0 Å². The maximum Gasteiger partial charge on any atom is 0.249 e. The van der Waals surface area contributed by atoms with E-state index in [1.807, 2.05) is 4.90 Å². The Morgan fingerprint density at radius 2 is 2.09 bits per heavy atom. The number of imide groups is 1. The predicted octanol–water partition coefficient (Wildman–Crippen LogP) is 0.842. The first-order valence-corrected chi connectivity index (χ1v) is 7.99. The second-order valence-corrected chi connectivity index (χ2v) is 5.90. The molecule has 1 aromatic rings. The molecule has 23 heavy (non-hydrogen) atoms. The number of amides is 2. The number of rotatable bonds is 3. The van der Waals surface area contributed by atoms with Gasteiger partial charge in [0, 0.05) is 31.7 Å². The van der Waals surface area contributed by atoms with Gasteiger partial charge in [-0.15, -0.1) is 0 Å². The normalized spacial score (nSPS) is 22.5. The lowest BCUT2D eigenvalue weighted by Gasteiger charge is -2.25. The monoisotopic (exact) mass is 320 g/mol. The number of hydrogen-bond acceptors (Lipinski definition) is 5. The van der Waals surface area contributed by atoms with Crippen molar-refractivity contribution in [2.45, 2.75) is 25.3 Å². The Labute approximate surface area is 134 Å². The van der Waals surface area contributed by atoms with Gasteiger partial charge >= 0.3 is 0 Å². The summed E-state index contributed by atoms with van der Waals surface area (Å²) in [6, 6.07) is 4.44. The number of benzene rings is 1. The molecule has 2 aliphatic heterocycles. The van der Waals surface area contributed by atoms with Crippen molar-refractivity contribution >= 4 is 23.2 Å². The van der Waals surface area contributed by atoms with E-state index in [0.29, 0.717) is 24.2 Å². The zero-order chi connectivity index (χ0) is 16.2. The zero-order valence-electron chi connectivity index (χ0n) is 12.9. The molecule has 2 amide bonds. The van der Waals surface area contributed by atoms with Gasteiger partial charge in [0.1, 0.15) is 11.9 Å². The fourth-order valence-electron chi connectivity index (χ4n) is 2.97. The fraction of sp³-hybridized carbons (Fsp3) is 0.500. The number of piperidine rings is 1. The Balaban J connectivity index is 1.69. The first-order chi connectivity index (χ1) is 11.1. The first kappa shape index (κ1) is 15.7. The summed E-state index contributed by atoms with van der Waals surface area (Å²) in [5.74, 6) is -0.919. The van der Waals surface area contributed by atoms with Crippen LogP contribution >= 0.6 is 0 Å². The largest absolute Gasteiger partial charge is 0.374 e. The molecule has 0 spiro atoms. The molecule has 1 atom stereocenters. The van der Waals surface area contributed by atoms with Crippen molar-refractivity contribution in [2.75, 3.05) is 36.4 Å². The third-order valence-electron chi connectivity index (χ3n) is 4.21. The van der Waals surface area contributed by atoms with E-state index in [0.717, 1.165) is 32.6 Å². The van der Waals surface area contributed by atoms with Crippen LogP contribution in [0.1, 0.15) is 19.3 Å². The highest BCUT2D eigenvalue weighted by Gasteiger charge is 2.26. The molecule has 2 saturated heterocycles. The summed E-state index contributed by atoms with van der Waals surface area (Å²) in [4.78, 5) is 24.9. The number of nitrogens with zero attached hydrogens (tertiary/aromatic N) is 1. The van der Waals surface area contributed by atoms with Crippen LogP contribution in [-0.2, 0) is 9.59 Å². The Morgan fingerprint density at radius 3 is 2.87 bits per heavy atom. The summed E-state index contributed by atoms with van der Waals surface area (Å²) in [5.41, 5.74) is 1.14. The number of halogens is 1. The Kier molecular flexibility index (Phi) is 4.76. The molecule has 1 unspecified atom stereocenters. The second kappa shape index (κ2) is 6.95. The van der Waals surface area contributed by atoms with Crippen molar-refractivity contribution in [2.24, 2.45) is 0 Å². The highest BCUT2D eigenvalue weighted by atomic mass is 19.1. The molecule has 0 saturated carbocycles. The first-order valence-electron chi connectivity index (χ1n) is 7.99. The smallest absolute Gasteiger partial charge is 0.249 e. The van der Waals surface area contributed by atoms with E-state index in [1.54, 1.807) is 12.1 Å². The molecule has 1 aromatic carbocycles. The van der Waals surface area contributed by atoms with Crippen LogP contribution in [0, 0.1) is 5.82 Å². The van der Waals surface area contributed by atoms with Gasteiger partial charge in [0.2, 0.25) is 11.8 Å². The van der Waals surface area contributed by atoms with Crippen LogP contribution in [0.3, 0.4) is 0 Å². The number of anilines is 2. The molecule has 0 bridgehead atoms. The molecular formula is C16H21FN4O2. The molecule has 3 N–H and O–H groups in total. The number of hydrogen-bond donors (Lipinski definition) is 3. The van der Waals surface area contributed by atoms with Crippen LogP contribution in [0.15, 0.2) is 18.2 Å². The standard InChI is InChI=1S/C16H21FN4O2/c17-12-10-11(19-13-3-5-15(22)20-16(13)23)2-4-14(12)21-8-1-6-18-7-9-21/h2,4,10,13,18-19H,1,3,5-9H2,(H,20,22,23). The summed E-state index contributed by atoms with van der Waals surface area (Å²) in [5, 5.41) is 8.58. The molecule has 124 valence electrons. The second-order valence-electron chi connectivity index (χ2n) is 5.90. The highest BCUT2D eigenvalue weighted by Crippen LogP contribution is 2.24. The molecule has 0 aromatic heterocycles. The molecular weight excluding hydrogens is 299 g/mol. The number of nitrogens with one attached hydrogen (secondary N) is 3. The van der Waals surface area contributed by atoms with Crippen LogP contribution in [-0.4, -0.2) is 44.0 Å². The van der Waals surface area contributed by atoms with Crippen molar-refractivity contribution in [3.63, 3.8) is 0 Å². The summed E-state index contributed by atoms with van der Waals surface area (Å²) in [7, 11) is 0.